The van der Waals surface area contributed by atoms with Gasteiger partial charge in [-0.3, -0.25) is 14.3 Å². The first kappa shape index (κ1) is 22.1. The van der Waals surface area contributed by atoms with Crippen molar-refractivity contribution >= 4 is 22.7 Å². The van der Waals surface area contributed by atoms with Crippen molar-refractivity contribution in [1.29, 1.82) is 0 Å². The van der Waals surface area contributed by atoms with E-state index >= 15 is 0 Å². The van der Waals surface area contributed by atoms with Crippen LogP contribution in [0, 0.1) is 0 Å². The van der Waals surface area contributed by atoms with Crippen molar-refractivity contribution in [3.63, 3.8) is 0 Å². The molecule has 0 unspecified atom stereocenters. The fourth-order valence-electron chi connectivity index (χ4n) is 3.53. The predicted octanol–water partition coefficient (Wildman–Crippen LogP) is 3.60. The molecule has 4 rings (SSSR count). The van der Waals surface area contributed by atoms with Crippen LogP contribution in [0.5, 0.6) is 5.75 Å². The number of carbonyl (C=O) groups is 2. The Bertz CT molecular complexity index is 1250. The van der Waals surface area contributed by atoms with Crippen molar-refractivity contribution in [3.05, 3.63) is 95.7 Å². The topological polar surface area (TPSA) is 76.5 Å². The quantitative estimate of drug-likeness (QED) is 0.423. The number of rotatable bonds is 8. The van der Waals surface area contributed by atoms with Crippen molar-refractivity contribution in [2.75, 3.05) is 27.2 Å². The van der Waals surface area contributed by atoms with E-state index in [1.165, 1.54) is 0 Å². The molecule has 0 fully saturated rings. The molecular formula is C26H26N4O3. The highest BCUT2D eigenvalue weighted by atomic mass is 16.5. The Balaban J connectivity index is 1.46. The van der Waals surface area contributed by atoms with Crippen LogP contribution in [0.3, 0.4) is 0 Å². The Hall–Kier alpha value is -4.13. The highest BCUT2D eigenvalue weighted by Gasteiger charge is 2.17. The molecule has 2 amide bonds. The second-order valence-electron chi connectivity index (χ2n) is 7.84. The molecule has 0 atom stereocenters. The lowest BCUT2D eigenvalue weighted by molar-refractivity contribution is 0.0827. The van der Waals surface area contributed by atoms with E-state index in [4.69, 9.17) is 4.74 Å². The van der Waals surface area contributed by atoms with Crippen LogP contribution in [-0.2, 0) is 6.54 Å². The van der Waals surface area contributed by atoms with Gasteiger partial charge in [-0.2, -0.15) is 5.10 Å². The molecule has 7 heteroatoms. The molecule has 1 heterocycles. The molecule has 3 aromatic carbocycles. The highest BCUT2D eigenvalue weighted by Crippen LogP contribution is 2.20. The molecule has 0 aliphatic rings. The molecule has 0 bridgehead atoms. The Morgan fingerprint density at radius 2 is 1.64 bits per heavy atom. The Kier molecular flexibility index (Phi) is 6.69. The minimum Gasteiger partial charge on any atom is -0.492 e. The van der Waals surface area contributed by atoms with E-state index in [2.05, 4.69) is 10.4 Å². The molecule has 0 radical (unpaired) electrons. The third kappa shape index (κ3) is 5.20. The summed E-state index contributed by atoms with van der Waals surface area (Å²) in [6.07, 6.45) is 0. The molecule has 0 aliphatic carbocycles. The van der Waals surface area contributed by atoms with Gasteiger partial charge in [0.05, 0.1) is 18.6 Å². The third-order valence-corrected chi connectivity index (χ3v) is 5.21. The summed E-state index contributed by atoms with van der Waals surface area (Å²) in [4.78, 5) is 26.5. The number of fused-ring (bicyclic) bond motifs is 1. The largest absolute Gasteiger partial charge is 0.492 e. The average molecular weight is 443 g/mol. The van der Waals surface area contributed by atoms with Crippen LogP contribution in [0.25, 0.3) is 10.9 Å². The summed E-state index contributed by atoms with van der Waals surface area (Å²) in [6.45, 7) is 1.23. The third-order valence-electron chi connectivity index (χ3n) is 5.21. The minimum atomic E-state index is -0.242. The van der Waals surface area contributed by atoms with Crippen molar-refractivity contribution in [2.45, 2.75) is 6.54 Å². The molecule has 0 saturated heterocycles. The first-order valence-electron chi connectivity index (χ1n) is 10.7. The van der Waals surface area contributed by atoms with Gasteiger partial charge in [-0.25, -0.2) is 0 Å². The molecule has 0 aliphatic heterocycles. The van der Waals surface area contributed by atoms with Gasteiger partial charge in [0.2, 0.25) is 0 Å². The molecule has 168 valence electrons. The molecule has 33 heavy (non-hydrogen) atoms. The van der Waals surface area contributed by atoms with Crippen LogP contribution in [-0.4, -0.2) is 53.7 Å². The van der Waals surface area contributed by atoms with Crippen LogP contribution in [0.4, 0.5) is 0 Å². The van der Waals surface area contributed by atoms with Crippen molar-refractivity contribution in [1.82, 2.24) is 20.0 Å². The summed E-state index contributed by atoms with van der Waals surface area (Å²) in [5, 5.41) is 8.27. The summed E-state index contributed by atoms with van der Waals surface area (Å²) >= 11 is 0. The van der Waals surface area contributed by atoms with Gasteiger partial charge in [-0.15, -0.1) is 0 Å². The number of benzene rings is 3. The summed E-state index contributed by atoms with van der Waals surface area (Å²) < 4.78 is 7.45. The van der Waals surface area contributed by atoms with Crippen molar-refractivity contribution in [3.8, 4) is 5.75 Å². The van der Waals surface area contributed by atoms with E-state index in [1.807, 2.05) is 83.5 Å². The second kappa shape index (κ2) is 9.99. The number of nitrogens with one attached hydrogen (secondary N) is 1. The first-order chi connectivity index (χ1) is 16.0. The molecule has 4 aromatic rings. The van der Waals surface area contributed by atoms with Crippen LogP contribution < -0.4 is 10.1 Å². The number of amides is 2. The normalized spacial score (nSPS) is 10.7. The van der Waals surface area contributed by atoms with E-state index in [9.17, 15) is 9.59 Å². The van der Waals surface area contributed by atoms with Crippen LogP contribution >= 0.6 is 0 Å². The zero-order valence-electron chi connectivity index (χ0n) is 18.7. The zero-order chi connectivity index (χ0) is 23.2. The maximum absolute atomic E-state index is 12.8. The van der Waals surface area contributed by atoms with Gasteiger partial charge in [0, 0.05) is 25.0 Å². The number of ether oxygens (including phenoxy) is 1. The van der Waals surface area contributed by atoms with Gasteiger partial charge >= 0.3 is 0 Å². The van der Waals surface area contributed by atoms with E-state index in [-0.39, 0.29) is 11.8 Å². The van der Waals surface area contributed by atoms with Gasteiger partial charge in [0.25, 0.3) is 11.8 Å². The van der Waals surface area contributed by atoms with Crippen LogP contribution in [0.1, 0.15) is 26.4 Å². The van der Waals surface area contributed by atoms with Crippen LogP contribution in [0.2, 0.25) is 0 Å². The fraction of sp³-hybridized carbons (Fsp3) is 0.192. The number of hydrogen-bond acceptors (Lipinski definition) is 4. The molecule has 0 saturated carbocycles. The number of hydrogen-bond donors (Lipinski definition) is 1. The minimum absolute atomic E-state index is 0.0405. The van der Waals surface area contributed by atoms with Crippen molar-refractivity contribution < 1.29 is 14.3 Å². The van der Waals surface area contributed by atoms with E-state index < -0.39 is 0 Å². The van der Waals surface area contributed by atoms with Crippen molar-refractivity contribution in [2.24, 2.45) is 0 Å². The molecule has 7 nitrogen and oxygen atoms in total. The first-order valence-corrected chi connectivity index (χ1v) is 10.7. The maximum Gasteiger partial charge on any atom is 0.272 e. The van der Waals surface area contributed by atoms with E-state index in [0.29, 0.717) is 31.0 Å². The average Bonchev–Trinajstić information content (AvgIpc) is 3.21. The Labute approximate surface area is 192 Å². The number of nitrogens with zero attached hydrogens (tertiary/aromatic N) is 3. The summed E-state index contributed by atoms with van der Waals surface area (Å²) in [6, 6.07) is 24.6. The van der Waals surface area contributed by atoms with E-state index in [1.54, 1.807) is 19.0 Å². The maximum atomic E-state index is 12.8. The van der Waals surface area contributed by atoms with Gasteiger partial charge in [-0.05, 0) is 35.9 Å². The molecular weight excluding hydrogens is 416 g/mol. The highest BCUT2D eigenvalue weighted by molar-refractivity contribution is 6.04. The fourth-order valence-corrected chi connectivity index (χ4v) is 3.53. The monoisotopic (exact) mass is 442 g/mol. The lowest BCUT2D eigenvalue weighted by Crippen LogP contribution is -2.28. The summed E-state index contributed by atoms with van der Waals surface area (Å²) in [5.74, 6) is 0.481. The molecule has 1 N–H and O–H groups in total. The number of carbonyl (C=O) groups excluding carboxylic acids is 2. The summed E-state index contributed by atoms with van der Waals surface area (Å²) in [5.41, 5.74) is 2.87. The van der Waals surface area contributed by atoms with Gasteiger partial charge in [0.15, 0.2) is 5.69 Å². The Morgan fingerprint density at radius 3 is 2.36 bits per heavy atom. The molecule has 0 spiro atoms. The number of para-hydroxylation sites is 2. The standard InChI is InChI=1S/C26H26N4O3/c1-29(2)26(32)20-14-12-19(13-15-20)18-30-23-11-7-6-10-22(23)24(28-30)25(31)27-16-17-33-21-8-4-3-5-9-21/h3-15H,16-18H2,1-2H3,(H,27,31). The Morgan fingerprint density at radius 1 is 0.939 bits per heavy atom. The lowest BCUT2D eigenvalue weighted by atomic mass is 10.1. The van der Waals surface area contributed by atoms with Gasteiger partial charge < -0.3 is 15.0 Å². The smallest absolute Gasteiger partial charge is 0.272 e. The summed E-state index contributed by atoms with van der Waals surface area (Å²) in [7, 11) is 3.46. The van der Waals surface area contributed by atoms with Gasteiger partial charge in [0.1, 0.15) is 12.4 Å². The zero-order valence-corrected chi connectivity index (χ0v) is 18.7. The number of aromatic nitrogens is 2. The second-order valence-corrected chi connectivity index (χ2v) is 7.84. The molecule has 1 aromatic heterocycles. The van der Waals surface area contributed by atoms with Crippen LogP contribution in [0.15, 0.2) is 78.9 Å². The lowest BCUT2D eigenvalue weighted by Gasteiger charge is -2.10. The predicted molar refractivity (Wildman–Crippen MR) is 128 cm³/mol. The SMILES string of the molecule is CN(C)C(=O)c1ccc(Cn2nc(C(=O)NCCOc3ccccc3)c3ccccc32)cc1. The van der Waals surface area contributed by atoms with Gasteiger partial charge in [-0.1, -0.05) is 48.5 Å². The van der Waals surface area contributed by atoms with E-state index in [0.717, 1.165) is 22.2 Å².